The third kappa shape index (κ3) is 2.60. The van der Waals surface area contributed by atoms with Crippen LogP contribution in [0.1, 0.15) is 23.7 Å². The van der Waals surface area contributed by atoms with Crippen molar-refractivity contribution in [3.05, 3.63) is 53.0 Å². The molecule has 2 heterocycles. The minimum Gasteiger partial charge on any atom is -0.481 e. The topological polar surface area (TPSA) is 45.5 Å². The second kappa shape index (κ2) is 6.12. The highest BCUT2D eigenvalue weighted by Gasteiger charge is 2.30. The van der Waals surface area contributed by atoms with Gasteiger partial charge in [0.2, 0.25) is 0 Å². The van der Waals surface area contributed by atoms with Crippen LogP contribution in [0.5, 0.6) is 0 Å². The van der Waals surface area contributed by atoms with Gasteiger partial charge in [-0.05, 0) is 61.2 Å². The van der Waals surface area contributed by atoms with E-state index in [1.807, 2.05) is 6.92 Å². The van der Waals surface area contributed by atoms with Crippen molar-refractivity contribution < 1.29 is 14.3 Å². The molecule has 27 heavy (non-hydrogen) atoms. The average Bonchev–Trinajstić information content (AvgIpc) is 2.92. The number of hydrogen-bond donors (Lipinski definition) is 1. The van der Waals surface area contributed by atoms with Crippen LogP contribution >= 0.6 is 0 Å². The molecule has 0 bridgehead atoms. The first-order chi connectivity index (χ1) is 12.8. The van der Waals surface area contributed by atoms with E-state index in [-0.39, 0.29) is 12.2 Å². The Labute approximate surface area is 157 Å². The molecule has 5 heteroatoms. The Bertz CT molecular complexity index is 1070. The lowest BCUT2D eigenvalue weighted by Gasteiger charge is -2.36. The van der Waals surface area contributed by atoms with E-state index >= 15 is 0 Å². The number of aliphatic carboxylic acids is 1. The highest BCUT2D eigenvalue weighted by atomic mass is 19.1. The van der Waals surface area contributed by atoms with E-state index in [2.05, 4.69) is 36.4 Å². The van der Waals surface area contributed by atoms with Crippen LogP contribution in [0.2, 0.25) is 0 Å². The first kappa shape index (κ1) is 17.6. The second-order valence-corrected chi connectivity index (χ2v) is 7.52. The molecule has 4 rings (SSSR count). The van der Waals surface area contributed by atoms with E-state index in [4.69, 9.17) is 0 Å². The van der Waals surface area contributed by atoms with Crippen molar-refractivity contribution in [2.75, 3.05) is 11.9 Å². The van der Waals surface area contributed by atoms with Crippen molar-refractivity contribution in [2.45, 2.75) is 39.8 Å². The molecule has 140 valence electrons. The number of hydrogen-bond acceptors (Lipinski definition) is 2. The van der Waals surface area contributed by atoms with Crippen LogP contribution in [0.15, 0.2) is 30.3 Å². The zero-order valence-electron chi connectivity index (χ0n) is 16.0. The normalized spacial score (nSPS) is 16.2. The summed E-state index contributed by atoms with van der Waals surface area (Å²) in [5.74, 6) is -1.16. The molecule has 2 aromatic carbocycles. The number of aromatic nitrogens is 1. The maximum atomic E-state index is 13.5. The molecule has 0 saturated carbocycles. The predicted octanol–water partition coefficient (Wildman–Crippen LogP) is 4.53. The van der Waals surface area contributed by atoms with Gasteiger partial charge >= 0.3 is 5.97 Å². The summed E-state index contributed by atoms with van der Waals surface area (Å²) >= 11 is 0. The summed E-state index contributed by atoms with van der Waals surface area (Å²) in [6.07, 6.45) is -0.0616. The zero-order valence-corrected chi connectivity index (χ0v) is 16.0. The Balaban J connectivity index is 2.15. The van der Waals surface area contributed by atoms with Crippen molar-refractivity contribution in [3.8, 4) is 11.1 Å². The van der Waals surface area contributed by atoms with Crippen LogP contribution < -0.4 is 4.90 Å². The molecule has 3 aromatic rings. The molecule has 0 spiro atoms. The summed E-state index contributed by atoms with van der Waals surface area (Å²) in [6.45, 7) is 7.15. The van der Waals surface area contributed by atoms with E-state index in [1.165, 1.54) is 12.1 Å². The number of halogens is 1. The molecular weight excluding hydrogens is 343 g/mol. The minimum absolute atomic E-state index is 0.0616. The summed E-state index contributed by atoms with van der Waals surface area (Å²) in [6, 6.07) is 8.78. The van der Waals surface area contributed by atoms with Gasteiger partial charge in [-0.15, -0.1) is 0 Å². The van der Waals surface area contributed by atoms with Crippen molar-refractivity contribution in [2.24, 2.45) is 0 Å². The second-order valence-electron chi connectivity index (χ2n) is 7.52. The van der Waals surface area contributed by atoms with Gasteiger partial charge in [-0.1, -0.05) is 12.1 Å². The fourth-order valence-corrected chi connectivity index (χ4v) is 4.39. The highest BCUT2D eigenvalue weighted by molar-refractivity contribution is 6.07. The van der Waals surface area contributed by atoms with Crippen LogP contribution in [0, 0.1) is 19.7 Å². The zero-order chi connectivity index (χ0) is 19.5. The monoisotopic (exact) mass is 366 g/mol. The summed E-state index contributed by atoms with van der Waals surface area (Å²) in [5.41, 5.74) is 6.92. The van der Waals surface area contributed by atoms with Crippen molar-refractivity contribution in [1.82, 2.24) is 4.57 Å². The van der Waals surface area contributed by atoms with Gasteiger partial charge in [-0.2, -0.15) is 0 Å². The number of carbonyl (C=O) groups is 1. The van der Waals surface area contributed by atoms with Gasteiger partial charge in [0.05, 0.1) is 17.6 Å². The first-order valence-corrected chi connectivity index (χ1v) is 9.15. The van der Waals surface area contributed by atoms with Crippen LogP contribution in [-0.2, 0) is 17.8 Å². The Morgan fingerprint density at radius 3 is 2.56 bits per heavy atom. The minimum atomic E-state index is -0.865. The molecular formula is C22H23FN2O2. The number of rotatable bonds is 3. The maximum Gasteiger partial charge on any atom is 0.307 e. The van der Waals surface area contributed by atoms with E-state index in [0.29, 0.717) is 6.04 Å². The third-order valence-corrected chi connectivity index (χ3v) is 5.83. The van der Waals surface area contributed by atoms with Crippen molar-refractivity contribution >= 4 is 22.6 Å². The van der Waals surface area contributed by atoms with Crippen LogP contribution in [0.25, 0.3) is 22.0 Å². The molecule has 0 radical (unpaired) electrons. The largest absolute Gasteiger partial charge is 0.481 e. The third-order valence-electron chi connectivity index (χ3n) is 5.83. The molecule has 0 unspecified atom stereocenters. The fraction of sp³-hybridized carbons (Fsp3) is 0.318. The summed E-state index contributed by atoms with van der Waals surface area (Å²) in [5, 5.41) is 10.6. The molecule has 0 amide bonds. The van der Waals surface area contributed by atoms with Crippen molar-refractivity contribution in [1.29, 1.82) is 0 Å². The molecule has 1 aromatic heterocycles. The van der Waals surface area contributed by atoms with Gasteiger partial charge in [0.25, 0.3) is 0 Å². The van der Waals surface area contributed by atoms with Crippen molar-refractivity contribution in [3.63, 3.8) is 0 Å². The van der Waals surface area contributed by atoms with Crippen LogP contribution in [0.4, 0.5) is 10.1 Å². The number of carboxylic acid groups (broad SMARTS) is 1. The van der Waals surface area contributed by atoms with E-state index in [1.54, 1.807) is 12.1 Å². The number of anilines is 1. The lowest BCUT2D eigenvalue weighted by molar-refractivity contribution is -0.136. The highest BCUT2D eigenvalue weighted by Crippen LogP contribution is 2.45. The van der Waals surface area contributed by atoms with E-state index < -0.39 is 5.97 Å². The summed E-state index contributed by atoms with van der Waals surface area (Å²) in [7, 11) is 2.07. The van der Waals surface area contributed by atoms with Crippen LogP contribution in [0.3, 0.4) is 0 Å². The Morgan fingerprint density at radius 2 is 1.93 bits per heavy atom. The Hall–Kier alpha value is -2.82. The van der Waals surface area contributed by atoms with Gasteiger partial charge in [0.15, 0.2) is 0 Å². The number of benzene rings is 2. The van der Waals surface area contributed by atoms with Gasteiger partial charge in [0, 0.05) is 30.7 Å². The molecule has 1 aliphatic rings. The molecule has 4 nitrogen and oxygen atoms in total. The van der Waals surface area contributed by atoms with Gasteiger partial charge in [0.1, 0.15) is 5.82 Å². The molecule has 1 N–H and O–H groups in total. The standard InChI is InChI=1S/C22H23FN2O2/c1-12-9-18-20(15-5-7-16(23)8-6-15)17(10-19(26)27)14(3)21-22(18)25(12)11-13(2)24(21)4/h5-9,13H,10-11H2,1-4H3,(H,26,27)/t13-/m0/s1. The number of aryl methyl sites for hydroxylation is 1. The molecule has 0 fully saturated rings. The number of carboxylic acids is 1. The Kier molecular flexibility index (Phi) is 3.98. The van der Waals surface area contributed by atoms with E-state index in [9.17, 15) is 14.3 Å². The predicted molar refractivity (Wildman–Crippen MR) is 106 cm³/mol. The fourth-order valence-electron chi connectivity index (χ4n) is 4.39. The maximum absolute atomic E-state index is 13.5. The SMILES string of the molecule is Cc1c(CC(=O)O)c(-c2ccc(F)cc2)c2cc(C)n3c2c1N(C)[C@@H](C)C3. The molecule has 1 atom stereocenters. The summed E-state index contributed by atoms with van der Waals surface area (Å²) < 4.78 is 15.8. The number of nitrogens with zero attached hydrogens (tertiary/aromatic N) is 2. The molecule has 1 aliphatic heterocycles. The lowest BCUT2D eigenvalue weighted by Crippen LogP contribution is -2.37. The quantitative estimate of drug-likeness (QED) is 0.741. The van der Waals surface area contributed by atoms with Gasteiger partial charge in [-0.3, -0.25) is 4.79 Å². The molecule has 0 saturated heterocycles. The lowest BCUT2D eigenvalue weighted by atomic mass is 9.88. The average molecular weight is 366 g/mol. The number of likely N-dealkylation sites (N-methyl/N-ethyl adjacent to an activating group) is 1. The van der Waals surface area contributed by atoms with E-state index in [0.717, 1.165) is 51.1 Å². The summed E-state index contributed by atoms with van der Waals surface area (Å²) in [4.78, 5) is 13.9. The molecule has 0 aliphatic carbocycles. The first-order valence-electron chi connectivity index (χ1n) is 9.15. The Morgan fingerprint density at radius 1 is 1.26 bits per heavy atom. The van der Waals surface area contributed by atoms with Gasteiger partial charge < -0.3 is 14.6 Å². The van der Waals surface area contributed by atoms with Crippen LogP contribution in [-0.4, -0.2) is 28.7 Å². The smallest absolute Gasteiger partial charge is 0.307 e. The van der Waals surface area contributed by atoms with Gasteiger partial charge in [-0.25, -0.2) is 4.39 Å².